The van der Waals surface area contributed by atoms with Crippen LogP contribution in [-0.4, -0.2) is 42.2 Å². The standard InChI is InChI=1S/C14H20N2O5S/c1-9(2)13(19)21-8-4-3-7-20-11(17)6-5-10-12(18)16-14(22)15-10/h10H,1,3-8H2,2H3,(H2,15,16,18,22). The van der Waals surface area contributed by atoms with Crippen LogP contribution < -0.4 is 10.6 Å². The van der Waals surface area contributed by atoms with Crippen LogP contribution in [0.2, 0.25) is 0 Å². The molecule has 0 aromatic carbocycles. The number of nitrogens with one attached hydrogen (secondary N) is 2. The highest BCUT2D eigenvalue weighted by atomic mass is 32.1. The Morgan fingerprint density at radius 2 is 1.91 bits per heavy atom. The zero-order valence-corrected chi connectivity index (χ0v) is 13.3. The van der Waals surface area contributed by atoms with E-state index in [-0.39, 0.29) is 36.6 Å². The average molecular weight is 328 g/mol. The second-order valence-corrected chi connectivity index (χ2v) is 5.31. The molecule has 1 saturated heterocycles. The van der Waals surface area contributed by atoms with Crippen LogP contribution >= 0.6 is 12.2 Å². The van der Waals surface area contributed by atoms with Crippen LogP contribution in [-0.2, 0) is 23.9 Å². The van der Waals surface area contributed by atoms with Crippen molar-refractivity contribution in [3.63, 3.8) is 0 Å². The number of thiocarbonyl (C=S) groups is 1. The fourth-order valence-corrected chi connectivity index (χ4v) is 1.92. The third kappa shape index (κ3) is 6.66. The second kappa shape index (κ2) is 9.14. The van der Waals surface area contributed by atoms with Crippen molar-refractivity contribution in [3.05, 3.63) is 12.2 Å². The van der Waals surface area contributed by atoms with Crippen molar-refractivity contribution in [1.29, 1.82) is 0 Å². The number of rotatable bonds is 9. The van der Waals surface area contributed by atoms with E-state index in [0.717, 1.165) is 0 Å². The number of amides is 1. The fraction of sp³-hybridized carbons (Fsp3) is 0.571. The van der Waals surface area contributed by atoms with Crippen molar-refractivity contribution in [2.24, 2.45) is 0 Å². The van der Waals surface area contributed by atoms with Gasteiger partial charge in [-0.3, -0.25) is 9.59 Å². The molecular formula is C14H20N2O5S. The van der Waals surface area contributed by atoms with Crippen LogP contribution in [0.4, 0.5) is 0 Å². The summed E-state index contributed by atoms with van der Waals surface area (Å²) >= 11 is 4.80. The number of ether oxygens (including phenoxy) is 2. The maximum absolute atomic E-state index is 11.5. The molecule has 7 nitrogen and oxygen atoms in total. The van der Waals surface area contributed by atoms with Crippen LogP contribution in [0.15, 0.2) is 12.2 Å². The Morgan fingerprint density at radius 1 is 1.27 bits per heavy atom. The summed E-state index contributed by atoms with van der Waals surface area (Å²) in [5.41, 5.74) is 0.357. The Labute approximate surface area is 134 Å². The molecule has 0 aromatic heterocycles. The first-order valence-electron chi connectivity index (χ1n) is 6.99. The summed E-state index contributed by atoms with van der Waals surface area (Å²) in [4.78, 5) is 34.0. The molecule has 1 aliphatic heterocycles. The molecule has 0 aromatic rings. The molecule has 1 heterocycles. The normalized spacial score (nSPS) is 16.7. The molecule has 0 saturated carbocycles. The van der Waals surface area contributed by atoms with Crippen LogP contribution in [0.1, 0.15) is 32.6 Å². The van der Waals surface area contributed by atoms with Crippen molar-refractivity contribution in [3.8, 4) is 0 Å². The van der Waals surface area contributed by atoms with E-state index in [0.29, 0.717) is 24.8 Å². The molecule has 0 aliphatic carbocycles. The topological polar surface area (TPSA) is 93.7 Å². The lowest BCUT2D eigenvalue weighted by molar-refractivity contribution is -0.145. The summed E-state index contributed by atoms with van der Waals surface area (Å²) in [6.45, 7) is 5.58. The van der Waals surface area contributed by atoms with Crippen molar-refractivity contribution >= 4 is 35.2 Å². The lowest BCUT2D eigenvalue weighted by Crippen LogP contribution is -2.29. The Hall–Kier alpha value is -1.96. The van der Waals surface area contributed by atoms with Crippen molar-refractivity contribution < 1.29 is 23.9 Å². The number of carbonyl (C=O) groups is 3. The van der Waals surface area contributed by atoms with Crippen LogP contribution in [0.3, 0.4) is 0 Å². The summed E-state index contributed by atoms with van der Waals surface area (Å²) in [7, 11) is 0. The Balaban J connectivity index is 2.02. The molecule has 122 valence electrons. The third-order valence-corrected chi connectivity index (χ3v) is 3.10. The molecular weight excluding hydrogens is 308 g/mol. The molecule has 0 spiro atoms. The van der Waals surface area contributed by atoms with E-state index in [1.807, 2.05) is 0 Å². The maximum Gasteiger partial charge on any atom is 0.333 e. The van der Waals surface area contributed by atoms with Crippen LogP contribution in [0, 0.1) is 0 Å². The smallest absolute Gasteiger partial charge is 0.333 e. The summed E-state index contributed by atoms with van der Waals surface area (Å²) in [5, 5.41) is 5.51. The highest BCUT2D eigenvalue weighted by molar-refractivity contribution is 7.80. The van der Waals surface area contributed by atoms with Gasteiger partial charge in [-0.2, -0.15) is 0 Å². The first kappa shape index (κ1) is 18.1. The van der Waals surface area contributed by atoms with Gasteiger partial charge in [0.2, 0.25) is 5.91 Å². The molecule has 1 atom stereocenters. The number of hydrogen-bond acceptors (Lipinski definition) is 6. The van der Waals surface area contributed by atoms with Crippen LogP contribution in [0.25, 0.3) is 0 Å². The second-order valence-electron chi connectivity index (χ2n) is 4.90. The quantitative estimate of drug-likeness (QED) is 0.277. The van der Waals surface area contributed by atoms with Crippen LogP contribution in [0.5, 0.6) is 0 Å². The summed E-state index contributed by atoms with van der Waals surface area (Å²) < 4.78 is 9.93. The van der Waals surface area contributed by atoms with E-state index in [9.17, 15) is 14.4 Å². The van der Waals surface area contributed by atoms with Gasteiger partial charge in [0.25, 0.3) is 0 Å². The predicted molar refractivity (Wildman–Crippen MR) is 82.9 cm³/mol. The third-order valence-electron chi connectivity index (χ3n) is 2.88. The molecule has 22 heavy (non-hydrogen) atoms. The molecule has 1 rings (SSSR count). The Kier molecular flexibility index (Phi) is 7.51. The van der Waals surface area contributed by atoms with E-state index < -0.39 is 12.0 Å². The summed E-state index contributed by atoms with van der Waals surface area (Å²) in [6, 6.07) is -0.471. The zero-order valence-electron chi connectivity index (χ0n) is 12.5. The van der Waals surface area contributed by atoms with Gasteiger partial charge in [-0.25, -0.2) is 4.79 Å². The molecule has 0 bridgehead atoms. The van der Waals surface area contributed by atoms with Gasteiger partial charge in [0, 0.05) is 12.0 Å². The minimum absolute atomic E-state index is 0.137. The molecule has 1 amide bonds. The number of esters is 2. The zero-order chi connectivity index (χ0) is 16.5. The van der Waals surface area contributed by atoms with Gasteiger partial charge in [0.15, 0.2) is 5.11 Å². The van der Waals surface area contributed by atoms with Crippen molar-refractivity contribution in [2.45, 2.75) is 38.6 Å². The highest BCUT2D eigenvalue weighted by Gasteiger charge is 2.27. The van der Waals surface area contributed by atoms with Gasteiger partial charge in [-0.15, -0.1) is 0 Å². The summed E-state index contributed by atoms with van der Waals surface area (Å²) in [6.07, 6.45) is 1.67. The monoisotopic (exact) mass is 328 g/mol. The molecule has 1 unspecified atom stereocenters. The van der Waals surface area contributed by atoms with Gasteiger partial charge < -0.3 is 20.1 Å². The maximum atomic E-state index is 11.5. The minimum atomic E-state index is -0.471. The first-order chi connectivity index (χ1) is 10.4. The molecule has 2 N–H and O–H groups in total. The number of carbonyl (C=O) groups excluding carboxylic acids is 3. The minimum Gasteiger partial charge on any atom is -0.466 e. The molecule has 0 radical (unpaired) electrons. The highest BCUT2D eigenvalue weighted by Crippen LogP contribution is 2.04. The van der Waals surface area contributed by atoms with E-state index in [2.05, 4.69) is 17.2 Å². The van der Waals surface area contributed by atoms with E-state index in [1.54, 1.807) is 6.92 Å². The average Bonchev–Trinajstić information content (AvgIpc) is 2.78. The lowest BCUT2D eigenvalue weighted by Gasteiger charge is -2.08. The molecule has 1 fully saturated rings. The van der Waals surface area contributed by atoms with E-state index in [1.165, 1.54) is 0 Å². The molecule has 1 aliphatic rings. The predicted octanol–water partition coefficient (Wildman–Crippen LogP) is 0.582. The van der Waals surface area contributed by atoms with Crippen molar-refractivity contribution in [1.82, 2.24) is 10.6 Å². The van der Waals surface area contributed by atoms with E-state index in [4.69, 9.17) is 21.7 Å². The Bertz CT molecular complexity index is 478. The largest absolute Gasteiger partial charge is 0.466 e. The summed E-state index contributed by atoms with van der Waals surface area (Å²) in [5.74, 6) is -1.01. The lowest BCUT2D eigenvalue weighted by atomic mass is 10.1. The van der Waals surface area contributed by atoms with Gasteiger partial charge in [-0.1, -0.05) is 6.58 Å². The molecule has 8 heteroatoms. The van der Waals surface area contributed by atoms with E-state index >= 15 is 0 Å². The van der Waals surface area contributed by atoms with Gasteiger partial charge in [0.05, 0.1) is 13.2 Å². The van der Waals surface area contributed by atoms with Crippen molar-refractivity contribution in [2.75, 3.05) is 13.2 Å². The number of unbranched alkanes of at least 4 members (excludes halogenated alkanes) is 1. The van der Waals surface area contributed by atoms with Gasteiger partial charge in [-0.05, 0) is 38.4 Å². The van der Waals surface area contributed by atoms with Gasteiger partial charge >= 0.3 is 11.9 Å². The fourth-order valence-electron chi connectivity index (χ4n) is 1.67. The van der Waals surface area contributed by atoms with Gasteiger partial charge in [0.1, 0.15) is 6.04 Å². The Morgan fingerprint density at radius 3 is 2.45 bits per heavy atom. The number of hydrogen-bond donors (Lipinski definition) is 2. The SMILES string of the molecule is C=C(C)C(=O)OCCCCOC(=O)CCC1NC(=S)NC1=O. The first-order valence-corrected chi connectivity index (χ1v) is 7.40.